The zero-order valence-electron chi connectivity index (χ0n) is 9.07. The fraction of sp³-hybridized carbons (Fsp3) is 0.333. The second-order valence-electron chi connectivity index (χ2n) is 3.83. The molecule has 0 aromatic carbocycles. The third-order valence-corrected chi connectivity index (χ3v) is 2.32. The van der Waals surface area contributed by atoms with E-state index >= 15 is 0 Å². The molecule has 2 N–H and O–H groups in total. The number of nitrogens with zero attached hydrogens (tertiary/aromatic N) is 1. The Morgan fingerprint density at radius 2 is 2.38 bits per heavy atom. The smallest absolute Gasteiger partial charge is 0.270 e. The van der Waals surface area contributed by atoms with E-state index in [1.807, 2.05) is 12.1 Å². The van der Waals surface area contributed by atoms with Crippen molar-refractivity contribution in [2.75, 3.05) is 11.9 Å². The van der Waals surface area contributed by atoms with Gasteiger partial charge in [-0.3, -0.25) is 4.79 Å². The normalized spacial score (nSPS) is 14.2. The molecule has 0 atom stereocenters. The first-order valence-corrected chi connectivity index (χ1v) is 5.42. The van der Waals surface area contributed by atoms with Crippen LogP contribution in [0.15, 0.2) is 30.9 Å². The highest BCUT2D eigenvalue weighted by Crippen LogP contribution is 2.23. The van der Waals surface area contributed by atoms with Gasteiger partial charge in [-0.2, -0.15) is 0 Å². The van der Waals surface area contributed by atoms with Crippen LogP contribution in [-0.2, 0) is 0 Å². The quantitative estimate of drug-likeness (QED) is 0.736. The maximum atomic E-state index is 11.6. The van der Waals surface area contributed by atoms with Crippen molar-refractivity contribution in [2.45, 2.75) is 18.9 Å². The summed E-state index contributed by atoms with van der Waals surface area (Å²) in [7, 11) is 0. The highest BCUT2D eigenvalue weighted by Gasteiger charge is 2.21. The van der Waals surface area contributed by atoms with E-state index in [9.17, 15) is 4.79 Å². The molecule has 1 amide bonds. The molecular formula is C12H15N3O. The lowest BCUT2D eigenvalue weighted by Crippen LogP contribution is -2.24. The van der Waals surface area contributed by atoms with E-state index in [1.165, 1.54) is 12.8 Å². The molecule has 1 aromatic heterocycles. The highest BCUT2D eigenvalue weighted by atomic mass is 16.1. The average molecular weight is 217 g/mol. The Balaban J connectivity index is 2.01. The molecule has 4 nitrogen and oxygen atoms in total. The second-order valence-corrected chi connectivity index (χ2v) is 3.83. The Hall–Kier alpha value is -1.84. The minimum atomic E-state index is -0.167. The van der Waals surface area contributed by atoms with Crippen LogP contribution in [0.1, 0.15) is 23.3 Å². The maximum Gasteiger partial charge on any atom is 0.270 e. The molecule has 1 saturated carbocycles. The topological polar surface area (TPSA) is 54.0 Å². The third-order valence-electron chi connectivity index (χ3n) is 2.32. The predicted octanol–water partition coefficient (Wildman–Crippen LogP) is 1.57. The molecule has 0 saturated heterocycles. The summed E-state index contributed by atoms with van der Waals surface area (Å²) in [5.41, 5.74) is 0.438. The molecule has 1 aliphatic carbocycles. The van der Waals surface area contributed by atoms with Gasteiger partial charge in [-0.25, -0.2) is 4.98 Å². The summed E-state index contributed by atoms with van der Waals surface area (Å²) in [5.74, 6) is 0.605. The van der Waals surface area contributed by atoms with E-state index in [1.54, 1.807) is 12.1 Å². The number of rotatable bonds is 5. The predicted molar refractivity (Wildman–Crippen MR) is 63.4 cm³/mol. The van der Waals surface area contributed by atoms with Crippen molar-refractivity contribution < 1.29 is 4.79 Å². The van der Waals surface area contributed by atoms with Crippen molar-refractivity contribution in [2.24, 2.45) is 0 Å². The van der Waals surface area contributed by atoms with Crippen LogP contribution < -0.4 is 10.6 Å². The monoisotopic (exact) mass is 217 g/mol. The molecule has 0 unspecified atom stereocenters. The van der Waals surface area contributed by atoms with E-state index in [0.717, 1.165) is 5.82 Å². The van der Waals surface area contributed by atoms with Crippen molar-refractivity contribution in [3.8, 4) is 0 Å². The minimum Gasteiger partial charge on any atom is -0.367 e. The van der Waals surface area contributed by atoms with Crippen LogP contribution >= 0.6 is 0 Å². The summed E-state index contributed by atoms with van der Waals surface area (Å²) in [4.78, 5) is 15.9. The number of hydrogen-bond acceptors (Lipinski definition) is 3. The van der Waals surface area contributed by atoms with Gasteiger partial charge < -0.3 is 10.6 Å². The molecule has 1 fully saturated rings. The highest BCUT2D eigenvalue weighted by molar-refractivity contribution is 5.92. The summed E-state index contributed by atoms with van der Waals surface area (Å²) in [6.45, 7) is 4.00. The lowest BCUT2D eigenvalue weighted by molar-refractivity contribution is 0.0953. The standard InChI is InChI=1S/C12H15N3O/c1-2-8-13-12(16)10-4-3-5-11(15-10)14-9-6-7-9/h2-5,9H,1,6-8H2,(H,13,16)(H,14,15). The first-order chi connectivity index (χ1) is 7.79. The maximum absolute atomic E-state index is 11.6. The number of hydrogen-bond donors (Lipinski definition) is 2. The molecular weight excluding hydrogens is 202 g/mol. The Bertz CT molecular complexity index is 399. The van der Waals surface area contributed by atoms with Gasteiger partial charge in [0.25, 0.3) is 5.91 Å². The molecule has 2 rings (SSSR count). The third kappa shape index (κ3) is 2.82. The van der Waals surface area contributed by atoms with Crippen molar-refractivity contribution in [3.63, 3.8) is 0 Å². The fourth-order valence-corrected chi connectivity index (χ4v) is 1.33. The van der Waals surface area contributed by atoms with Gasteiger partial charge in [-0.1, -0.05) is 12.1 Å². The van der Waals surface area contributed by atoms with Crippen LogP contribution in [0, 0.1) is 0 Å². The molecule has 84 valence electrons. The number of pyridine rings is 1. The van der Waals surface area contributed by atoms with Gasteiger partial charge in [0.1, 0.15) is 11.5 Å². The van der Waals surface area contributed by atoms with E-state index in [2.05, 4.69) is 22.2 Å². The molecule has 1 aromatic rings. The van der Waals surface area contributed by atoms with E-state index in [4.69, 9.17) is 0 Å². The number of carbonyl (C=O) groups excluding carboxylic acids is 1. The van der Waals surface area contributed by atoms with Crippen molar-refractivity contribution in [3.05, 3.63) is 36.5 Å². The summed E-state index contributed by atoms with van der Waals surface area (Å²) >= 11 is 0. The minimum absolute atomic E-state index is 0.167. The second kappa shape index (κ2) is 4.79. The van der Waals surface area contributed by atoms with Crippen LogP contribution in [0.5, 0.6) is 0 Å². The van der Waals surface area contributed by atoms with Crippen LogP contribution in [-0.4, -0.2) is 23.5 Å². The van der Waals surface area contributed by atoms with Gasteiger partial charge in [0, 0.05) is 12.6 Å². The Morgan fingerprint density at radius 1 is 1.56 bits per heavy atom. The van der Waals surface area contributed by atoms with Crippen LogP contribution in [0.4, 0.5) is 5.82 Å². The number of amides is 1. The number of carbonyl (C=O) groups is 1. The largest absolute Gasteiger partial charge is 0.367 e. The van der Waals surface area contributed by atoms with Gasteiger partial charge in [0.2, 0.25) is 0 Å². The summed E-state index contributed by atoms with van der Waals surface area (Å²) in [5, 5.41) is 5.95. The van der Waals surface area contributed by atoms with E-state index < -0.39 is 0 Å². The summed E-state index contributed by atoms with van der Waals surface area (Å²) < 4.78 is 0. The molecule has 1 aliphatic rings. The fourth-order valence-electron chi connectivity index (χ4n) is 1.33. The van der Waals surface area contributed by atoms with Gasteiger partial charge in [-0.05, 0) is 25.0 Å². The molecule has 0 radical (unpaired) electrons. The molecule has 0 bridgehead atoms. The number of nitrogens with one attached hydrogen (secondary N) is 2. The molecule has 0 aliphatic heterocycles. The van der Waals surface area contributed by atoms with Crippen LogP contribution in [0.3, 0.4) is 0 Å². The Kier molecular flexibility index (Phi) is 3.19. The van der Waals surface area contributed by atoms with E-state index in [-0.39, 0.29) is 5.91 Å². The summed E-state index contributed by atoms with van der Waals surface area (Å²) in [6.07, 6.45) is 4.02. The number of anilines is 1. The van der Waals surface area contributed by atoms with E-state index in [0.29, 0.717) is 18.3 Å². The lowest BCUT2D eigenvalue weighted by atomic mass is 10.3. The van der Waals surface area contributed by atoms with Crippen molar-refractivity contribution in [1.29, 1.82) is 0 Å². The first kappa shape index (κ1) is 10.7. The van der Waals surface area contributed by atoms with Crippen LogP contribution in [0.2, 0.25) is 0 Å². The molecule has 16 heavy (non-hydrogen) atoms. The molecule has 4 heteroatoms. The summed E-state index contributed by atoms with van der Waals surface area (Å²) in [6, 6.07) is 5.96. The van der Waals surface area contributed by atoms with Crippen molar-refractivity contribution >= 4 is 11.7 Å². The van der Waals surface area contributed by atoms with Crippen molar-refractivity contribution in [1.82, 2.24) is 10.3 Å². The van der Waals surface area contributed by atoms with Gasteiger partial charge >= 0.3 is 0 Å². The zero-order chi connectivity index (χ0) is 11.4. The van der Waals surface area contributed by atoms with Gasteiger partial charge in [0.05, 0.1) is 0 Å². The lowest BCUT2D eigenvalue weighted by Gasteiger charge is -2.06. The average Bonchev–Trinajstić information content (AvgIpc) is 3.10. The Labute approximate surface area is 94.8 Å². The SMILES string of the molecule is C=CCNC(=O)c1cccc(NC2CC2)n1. The zero-order valence-corrected chi connectivity index (χ0v) is 9.07. The molecule has 0 spiro atoms. The van der Waals surface area contributed by atoms with Gasteiger partial charge in [-0.15, -0.1) is 6.58 Å². The van der Waals surface area contributed by atoms with Crippen LogP contribution in [0.25, 0.3) is 0 Å². The Morgan fingerprint density at radius 3 is 3.06 bits per heavy atom. The van der Waals surface area contributed by atoms with Gasteiger partial charge in [0.15, 0.2) is 0 Å². The number of aromatic nitrogens is 1. The molecule has 1 heterocycles. The first-order valence-electron chi connectivity index (χ1n) is 5.42.